The predicted octanol–water partition coefficient (Wildman–Crippen LogP) is 1.99. The SMILES string of the molecule is COCCCOc1ccc(C(=O)NCC(N)C2CC2)cc1.Cl. The van der Waals surface area contributed by atoms with Gasteiger partial charge in [0.15, 0.2) is 0 Å². The highest BCUT2D eigenvalue weighted by Crippen LogP contribution is 2.31. The second kappa shape index (κ2) is 9.66. The van der Waals surface area contributed by atoms with Crippen LogP contribution in [0.15, 0.2) is 24.3 Å². The fourth-order valence-electron chi connectivity index (χ4n) is 2.10. The van der Waals surface area contributed by atoms with E-state index in [2.05, 4.69) is 5.32 Å². The van der Waals surface area contributed by atoms with Gasteiger partial charge in [-0.05, 0) is 43.0 Å². The maximum Gasteiger partial charge on any atom is 0.251 e. The maximum atomic E-state index is 12.0. The number of carbonyl (C=O) groups excluding carboxylic acids is 1. The Hall–Kier alpha value is -1.30. The number of nitrogens with two attached hydrogens (primary N) is 1. The van der Waals surface area contributed by atoms with Crippen LogP contribution in [-0.2, 0) is 4.74 Å². The molecule has 1 aromatic rings. The maximum absolute atomic E-state index is 12.0. The number of nitrogens with one attached hydrogen (secondary N) is 1. The van der Waals surface area contributed by atoms with E-state index >= 15 is 0 Å². The van der Waals surface area contributed by atoms with Crippen LogP contribution in [-0.4, -0.2) is 38.8 Å². The van der Waals surface area contributed by atoms with Crippen LogP contribution in [0.25, 0.3) is 0 Å². The molecule has 0 radical (unpaired) electrons. The molecule has 2 rings (SSSR count). The van der Waals surface area contributed by atoms with Crippen molar-refractivity contribution < 1.29 is 14.3 Å². The molecule has 1 unspecified atom stereocenters. The van der Waals surface area contributed by atoms with E-state index in [9.17, 15) is 4.79 Å². The Balaban J connectivity index is 0.00000242. The molecule has 5 nitrogen and oxygen atoms in total. The smallest absolute Gasteiger partial charge is 0.251 e. The van der Waals surface area contributed by atoms with E-state index in [0.29, 0.717) is 31.2 Å². The van der Waals surface area contributed by atoms with E-state index in [0.717, 1.165) is 12.2 Å². The topological polar surface area (TPSA) is 73.6 Å². The first kappa shape index (κ1) is 18.7. The van der Waals surface area contributed by atoms with Crippen molar-refractivity contribution in [3.63, 3.8) is 0 Å². The summed E-state index contributed by atoms with van der Waals surface area (Å²) in [5.74, 6) is 1.27. The summed E-state index contributed by atoms with van der Waals surface area (Å²) in [4.78, 5) is 12.0. The van der Waals surface area contributed by atoms with Crippen molar-refractivity contribution in [3.05, 3.63) is 29.8 Å². The Morgan fingerprint density at radius 1 is 1.32 bits per heavy atom. The van der Waals surface area contributed by atoms with Gasteiger partial charge in [-0.1, -0.05) is 0 Å². The summed E-state index contributed by atoms with van der Waals surface area (Å²) < 4.78 is 10.5. The van der Waals surface area contributed by atoms with Crippen molar-refractivity contribution in [1.29, 1.82) is 0 Å². The number of halogens is 1. The second-order valence-electron chi connectivity index (χ2n) is 5.43. The number of hydrogen-bond donors (Lipinski definition) is 2. The molecule has 6 heteroatoms. The first-order chi connectivity index (χ1) is 10.2. The summed E-state index contributed by atoms with van der Waals surface area (Å²) in [6, 6.07) is 7.23. The molecule has 1 aromatic carbocycles. The van der Waals surface area contributed by atoms with Gasteiger partial charge in [0.05, 0.1) is 6.61 Å². The zero-order valence-corrected chi connectivity index (χ0v) is 13.7. The molecule has 1 fully saturated rings. The lowest BCUT2D eigenvalue weighted by atomic mass is 10.1. The predicted molar refractivity (Wildman–Crippen MR) is 88.7 cm³/mol. The Labute approximate surface area is 138 Å². The van der Waals surface area contributed by atoms with E-state index in [1.54, 1.807) is 19.2 Å². The van der Waals surface area contributed by atoms with Crippen molar-refractivity contribution in [2.24, 2.45) is 11.7 Å². The van der Waals surface area contributed by atoms with Crippen molar-refractivity contribution in [2.45, 2.75) is 25.3 Å². The van der Waals surface area contributed by atoms with Gasteiger partial charge < -0.3 is 20.5 Å². The van der Waals surface area contributed by atoms with Crippen LogP contribution in [0, 0.1) is 5.92 Å². The standard InChI is InChI=1S/C16H24N2O3.ClH/c1-20-9-2-10-21-14-7-5-13(6-8-14)16(19)18-11-15(17)12-3-4-12;/h5-8,12,15H,2-4,9-11,17H2,1H3,(H,18,19);1H. The zero-order valence-electron chi connectivity index (χ0n) is 12.9. The molecule has 0 aromatic heterocycles. The number of amides is 1. The van der Waals surface area contributed by atoms with Gasteiger partial charge in [0.25, 0.3) is 5.91 Å². The summed E-state index contributed by atoms with van der Waals surface area (Å²) in [5, 5.41) is 2.88. The minimum atomic E-state index is -0.0861. The number of rotatable bonds is 9. The Kier molecular flexibility index (Phi) is 8.24. The number of benzene rings is 1. The van der Waals surface area contributed by atoms with Crippen LogP contribution in [0.5, 0.6) is 5.75 Å². The summed E-state index contributed by atoms with van der Waals surface area (Å²) in [7, 11) is 1.67. The Morgan fingerprint density at radius 2 is 2.00 bits per heavy atom. The molecule has 0 spiro atoms. The van der Waals surface area contributed by atoms with E-state index < -0.39 is 0 Å². The van der Waals surface area contributed by atoms with Crippen LogP contribution in [0.2, 0.25) is 0 Å². The number of carbonyl (C=O) groups is 1. The van der Waals surface area contributed by atoms with Gasteiger partial charge in [-0.3, -0.25) is 4.79 Å². The molecule has 3 N–H and O–H groups in total. The minimum absolute atomic E-state index is 0. The fraction of sp³-hybridized carbons (Fsp3) is 0.562. The van der Waals surface area contributed by atoms with Crippen molar-refractivity contribution in [3.8, 4) is 5.75 Å². The van der Waals surface area contributed by atoms with Crippen molar-refractivity contribution in [1.82, 2.24) is 5.32 Å². The third-order valence-corrected chi connectivity index (χ3v) is 3.60. The fourth-order valence-corrected chi connectivity index (χ4v) is 2.10. The zero-order chi connectivity index (χ0) is 15.1. The second-order valence-corrected chi connectivity index (χ2v) is 5.43. The number of ether oxygens (including phenoxy) is 2. The van der Waals surface area contributed by atoms with Crippen LogP contribution in [0.4, 0.5) is 0 Å². The van der Waals surface area contributed by atoms with E-state index in [4.69, 9.17) is 15.2 Å². The molecule has 1 aliphatic rings. The molecule has 0 saturated heterocycles. The van der Waals surface area contributed by atoms with Gasteiger partial charge in [0, 0.05) is 38.3 Å². The molecule has 1 amide bonds. The third kappa shape index (κ3) is 6.22. The molecule has 0 heterocycles. The lowest BCUT2D eigenvalue weighted by molar-refractivity contribution is 0.0950. The largest absolute Gasteiger partial charge is 0.494 e. The normalized spacial score (nSPS) is 14.8. The van der Waals surface area contributed by atoms with Gasteiger partial charge in [-0.25, -0.2) is 0 Å². The number of hydrogen-bond acceptors (Lipinski definition) is 4. The van der Waals surface area contributed by atoms with Gasteiger partial charge >= 0.3 is 0 Å². The Morgan fingerprint density at radius 3 is 2.59 bits per heavy atom. The first-order valence-corrected chi connectivity index (χ1v) is 7.46. The highest BCUT2D eigenvalue weighted by molar-refractivity contribution is 5.94. The lowest BCUT2D eigenvalue weighted by Gasteiger charge is -2.12. The van der Waals surface area contributed by atoms with Crippen LogP contribution in [0.3, 0.4) is 0 Å². The summed E-state index contributed by atoms with van der Waals surface area (Å²) in [6.07, 6.45) is 3.22. The highest BCUT2D eigenvalue weighted by Gasteiger charge is 2.28. The molecule has 1 saturated carbocycles. The monoisotopic (exact) mass is 328 g/mol. The average molecular weight is 329 g/mol. The quantitative estimate of drug-likeness (QED) is 0.680. The third-order valence-electron chi connectivity index (χ3n) is 3.60. The first-order valence-electron chi connectivity index (χ1n) is 7.46. The van der Waals surface area contributed by atoms with Gasteiger partial charge in [-0.2, -0.15) is 0 Å². The minimum Gasteiger partial charge on any atom is -0.494 e. The van der Waals surface area contributed by atoms with Crippen LogP contribution < -0.4 is 15.8 Å². The summed E-state index contributed by atoms with van der Waals surface area (Å²) in [5.41, 5.74) is 6.59. The molecule has 22 heavy (non-hydrogen) atoms. The van der Waals surface area contributed by atoms with Gasteiger partial charge in [0.2, 0.25) is 0 Å². The molecular formula is C16H25ClN2O3. The van der Waals surface area contributed by atoms with E-state index in [1.165, 1.54) is 12.8 Å². The van der Waals surface area contributed by atoms with E-state index in [-0.39, 0.29) is 24.4 Å². The number of methoxy groups -OCH3 is 1. The van der Waals surface area contributed by atoms with Crippen molar-refractivity contribution in [2.75, 3.05) is 26.9 Å². The van der Waals surface area contributed by atoms with Gasteiger partial charge in [0.1, 0.15) is 5.75 Å². The van der Waals surface area contributed by atoms with E-state index in [1.807, 2.05) is 12.1 Å². The molecular weight excluding hydrogens is 304 g/mol. The molecule has 0 aliphatic heterocycles. The molecule has 1 atom stereocenters. The molecule has 124 valence electrons. The van der Waals surface area contributed by atoms with Gasteiger partial charge in [-0.15, -0.1) is 12.4 Å². The summed E-state index contributed by atoms with van der Waals surface area (Å²) in [6.45, 7) is 1.83. The lowest BCUT2D eigenvalue weighted by Crippen LogP contribution is -2.38. The average Bonchev–Trinajstić information content (AvgIpc) is 3.34. The van der Waals surface area contributed by atoms with Crippen LogP contribution in [0.1, 0.15) is 29.6 Å². The Bertz CT molecular complexity index is 449. The molecule has 1 aliphatic carbocycles. The summed E-state index contributed by atoms with van der Waals surface area (Å²) >= 11 is 0. The van der Waals surface area contributed by atoms with Crippen LogP contribution >= 0.6 is 12.4 Å². The highest BCUT2D eigenvalue weighted by atomic mass is 35.5. The van der Waals surface area contributed by atoms with Crippen molar-refractivity contribution >= 4 is 18.3 Å². The molecule has 0 bridgehead atoms.